The number of hydrogen-bond acceptors (Lipinski definition) is 3. The van der Waals surface area contributed by atoms with E-state index in [1.165, 1.54) is 0 Å². The van der Waals surface area contributed by atoms with Gasteiger partial charge in [0.25, 0.3) is 0 Å². The molecule has 1 fully saturated rings. The smallest absolute Gasteiger partial charge is 0.0781 e. The molecule has 1 aromatic rings. The number of anilines is 1. The average molecular weight is 235 g/mol. The minimum Gasteiger partial charge on any atom is -0.389 e. The monoisotopic (exact) mass is 235 g/mol. The van der Waals surface area contributed by atoms with Crippen LogP contribution in [0, 0.1) is 0 Å². The van der Waals surface area contributed by atoms with Crippen molar-refractivity contribution in [3.63, 3.8) is 0 Å². The molecule has 0 saturated carbocycles. The first kappa shape index (κ1) is 12.4. The molecule has 1 aliphatic rings. The highest BCUT2D eigenvalue weighted by Gasteiger charge is 2.20. The number of aliphatic hydroxyl groups excluding tert-OH is 1. The number of rotatable bonds is 3. The van der Waals surface area contributed by atoms with Gasteiger partial charge in [-0.25, -0.2) is 0 Å². The summed E-state index contributed by atoms with van der Waals surface area (Å²) in [7, 11) is 0. The molecular weight excluding hydrogens is 214 g/mol. The van der Waals surface area contributed by atoms with Gasteiger partial charge >= 0.3 is 0 Å². The number of benzene rings is 1. The van der Waals surface area contributed by atoms with Crippen molar-refractivity contribution < 1.29 is 9.84 Å². The van der Waals surface area contributed by atoms with Crippen molar-refractivity contribution in [3.05, 3.63) is 29.8 Å². The molecule has 1 heterocycles. The summed E-state index contributed by atoms with van der Waals surface area (Å²) in [6.07, 6.45) is 1.93. The molecule has 3 unspecified atom stereocenters. The topological polar surface area (TPSA) is 41.5 Å². The first-order valence-corrected chi connectivity index (χ1v) is 6.32. The molecule has 0 spiro atoms. The van der Waals surface area contributed by atoms with Gasteiger partial charge in [0.1, 0.15) is 0 Å². The van der Waals surface area contributed by atoms with Crippen LogP contribution in [0.15, 0.2) is 24.3 Å². The van der Waals surface area contributed by atoms with E-state index in [0.29, 0.717) is 12.1 Å². The summed E-state index contributed by atoms with van der Waals surface area (Å²) in [5.41, 5.74) is 2.01. The molecule has 2 N–H and O–H groups in total. The quantitative estimate of drug-likeness (QED) is 0.846. The molecular formula is C14H21NO2. The standard InChI is InChI=1S/C14H21NO2/c1-10-9-12(7-8-17-10)15-14-6-4-3-5-13(14)11(2)16/h3-6,10-12,15-16H,7-9H2,1-2H3. The van der Waals surface area contributed by atoms with Crippen molar-refractivity contribution >= 4 is 5.69 Å². The Hall–Kier alpha value is -1.06. The molecule has 0 amide bonds. The summed E-state index contributed by atoms with van der Waals surface area (Å²) in [6, 6.07) is 8.40. The second-order valence-electron chi connectivity index (χ2n) is 4.81. The summed E-state index contributed by atoms with van der Waals surface area (Å²) in [6.45, 7) is 4.72. The van der Waals surface area contributed by atoms with E-state index >= 15 is 0 Å². The lowest BCUT2D eigenvalue weighted by Gasteiger charge is -2.29. The van der Waals surface area contributed by atoms with Gasteiger partial charge in [0.05, 0.1) is 12.2 Å². The van der Waals surface area contributed by atoms with Gasteiger partial charge in [-0.3, -0.25) is 0 Å². The Balaban J connectivity index is 2.07. The van der Waals surface area contributed by atoms with E-state index in [1.807, 2.05) is 24.3 Å². The minimum atomic E-state index is -0.434. The fourth-order valence-corrected chi connectivity index (χ4v) is 2.34. The molecule has 0 radical (unpaired) electrons. The highest BCUT2D eigenvalue weighted by molar-refractivity contribution is 5.52. The Bertz CT molecular complexity index is 365. The molecule has 3 heteroatoms. The van der Waals surface area contributed by atoms with Gasteiger partial charge in [-0.15, -0.1) is 0 Å². The Kier molecular flexibility index (Phi) is 4.02. The summed E-state index contributed by atoms with van der Waals surface area (Å²) < 4.78 is 5.53. The van der Waals surface area contributed by atoms with Crippen LogP contribution in [0.4, 0.5) is 5.69 Å². The number of aliphatic hydroxyl groups is 1. The van der Waals surface area contributed by atoms with Crippen LogP contribution in [0.2, 0.25) is 0 Å². The van der Waals surface area contributed by atoms with E-state index < -0.39 is 6.10 Å². The van der Waals surface area contributed by atoms with Crippen molar-refractivity contribution in [1.82, 2.24) is 0 Å². The van der Waals surface area contributed by atoms with E-state index in [0.717, 1.165) is 30.7 Å². The third-order valence-corrected chi connectivity index (χ3v) is 3.26. The maximum Gasteiger partial charge on any atom is 0.0781 e. The second kappa shape index (κ2) is 5.52. The molecule has 1 saturated heterocycles. The van der Waals surface area contributed by atoms with E-state index in [2.05, 4.69) is 12.2 Å². The molecule has 1 aliphatic heterocycles. The third-order valence-electron chi connectivity index (χ3n) is 3.26. The van der Waals surface area contributed by atoms with Gasteiger partial charge in [0.15, 0.2) is 0 Å². The van der Waals surface area contributed by atoms with E-state index in [9.17, 15) is 5.11 Å². The lowest BCUT2D eigenvalue weighted by atomic mass is 10.0. The van der Waals surface area contributed by atoms with Crippen LogP contribution in [-0.2, 0) is 4.74 Å². The highest BCUT2D eigenvalue weighted by atomic mass is 16.5. The van der Waals surface area contributed by atoms with Gasteiger partial charge < -0.3 is 15.2 Å². The fourth-order valence-electron chi connectivity index (χ4n) is 2.34. The van der Waals surface area contributed by atoms with Crippen LogP contribution in [0.3, 0.4) is 0 Å². The van der Waals surface area contributed by atoms with Gasteiger partial charge in [-0.2, -0.15) is 0 Å². The van der Waals surface area contributed by atoms with E-state index in [4.69, 9.17) is 4.74 Å². The summed E-state index contributed by atoms with van der Waals surface area (Å²) in [4.78, 5) is 0. The normalized spacial score (nSPS) is 26.5. The molecule has 0 aromatic heterocycles. The number of hydrogen-bond donors (Lipinski definition) is 2. The Morgan fingerprint density at radius 3 is 2.88 bits per heavy atom. The van der Waals surface area contributed by atoms with Crippen LogP contribution < -0.4 is 5.32 Å². The largest absolute Gasteiger partial charge is 0.389 e. The third kappa shape index (κ3) is 3.20. The van der Waals surface area contributed by atoms with Crippen LogP contribution in [0.25, 0.3) is 0 Å². The zero-order valence-electron chi connectivity index (χ0n) is 10.5. The van der Waals surface area contributed by atoms with Crippen LogP contribution in [-0.4, -0.2) is 23.9 Å². The SMILES string of the molecule is CC1CC(Nc2ccccc2C(C)O)CCO1. The number of nitrogens with one attached hydrogen (secondary N) is 1. The molecule has 1 aromatic carbocycles. The van der Waals surface area contributed by atoms with Gasteiger partial charge in [0.2, 0.25) is 0 Å². The molecule has 3 nitrogen and oxygen atoms in total. The predicted octanol–water partition coefficient (Wildman–Crippen LogP) is 2.72. The van der Waals surface area contributed by atoms with Crippen molar-refractivity contribution in [2.24, 2.45) is 0 Å². The lowest BCUT2D eigenvalue weighted by molar-refractivity contribution is 0.0232. The maximum atomic E-state index is 9.72. The molecule has 17 heavy (non-hydrogen) atoms. The Labute approximate surface area is 103 Å². The van der Waals surface area contributed by atoms with Gasteiger partial charge in [-0.05, 0) is 32.8 Å². The van der Waals surface area contributed by atoms with Crippen LogP contribution in [0.1, 0.15) is 38.4 Å². The maximum absolute atomic E-state index is 9.72. The van der Waals surface area contributed by atoms with Gasteiger partial charge in [0, 0.05) is 23.9 Å². The molecule has 0 bridgehead atoms. The first-order chi connectivity index (χ1) is 8.16. The highest BCUT2D eigenvalue weighted by Crippen LogP contribution is 2.25. The predicted molar refractivity (Wildman–Crippen MR) is 69.1 cm³/mol. The van der Waals surface area contributed by atoms with Crippen molar-refractivity contribution in [1.29, 1.82) is 0 Å². The summed E-state index contributed by atoms with van der Waals surface area (Å²) in [5.74, 6) is 0. The molecule has 2 rings (SSSR count). The Morgan fingerprint density at radius 2 is 2.18 bits per heavy atom. The van der Waals surface area contributed by atoms with Crippen LogP contribution in [0.5, 0.6) is 0 Å². The summed E-state index contributed by atoms with van der Waals surface area (Å²) >= 11 is 0. The minimum absolute atomic E-state index is 0.319. The lowest BCUT2D eigenvalue weighted by Crippen LogP contribution is -2.32. The van der Waals surface area contributed by atoms with Gasteiger partial charge in [-0.1, -0.05) is 18.2 Å². The number of ether oxygens (including phenoxy) is 1. The number of para-hydroxylation sites is 1. The van der Waals surface area contributed by atoms with Crippen LogP contribution >= 0.6 is 0 Å². The van der Waals surface area contributed by atoms with E-state index in [-0.39, 0.29) is 0 Å². The van der Waals surface area contributed by atoms with Crippen molar-refractivity contribution in [2.75, 3.05) is 11.9 Å². The molecule has 3 atom stereocenters. The molecule has 0 aliphatic carbocycles. The van der Waals surface area contributed by atoms with Crippen molar-refractivity contribution in [3.8, 4) is 0 Å². The Morgan fingerprint density at radius 1 is 1.41 bits per heavy atom. The second-order valence-corrected chi connectivity index (χ2v) is 4.81. The first-order valence-electron chi connectivity index (χ1n) is 6.32. The summed E-state index contributed by atoms with van der Waals surface area (Å²) in [5, 5.41) is 13.2. The zero-order chi connectivity index (χ0) is 12.3. The molecule has 94 valence electrons. The average Bonchev–Trinajstić information content (AvgIpc) is 2.29. The van der Waals surface area contributed by atoms with Crippen molar-refractivity contribution in [2.45, 2.75) is 44.9 Å². The van der Waals surface area contributed by atoms with E-state index in [1.54, 1.807) is 6.92 Å². The zero-order valence-corrected chi connectivity index (χ0v) is 10.5. The fraction of sp³-hybridized carbons (Fsp3) is 0.571.